The van der Waals surface area contributed by atoms with E-state index >= 15 is 0 Å². The maximum absolute atomic E-state index is 13.3. The number of carbonyl (C=O) groups is 3. The lowest BCUT2D eigenvalue weighted by molar-refractivity contribution is -0.127. The summed E-state index contributed by atoms with van der Waals surface area (Å²) >= 11 is 12.4. The molecule has 3 aromatic rings. The molecule has 4 rings (SSSR count). The molecule has 11 heteroatoms. The van der Waals surface area contributed by atoms with Crippen molar-refractivity contribution in [3.8, 4) is 11.5 Å². The Labute approximate surface area is 232 Å². The van der Waals surface area contributed by atoms with Crippen molar-refractivity contribution in [2.24, 2.45) is 0 Å². The Morgan fingerprint density at radius 3 is 2.50 bits per heavy atom. The van der Waals surface area contributed by atoms with Gasteiger partial charge in [0.05, 0.1) is 16.5 Å². The molecule has 1 aliphatic rings. The second kappa shape index (κ2) is 12.3. The zero-order valence-corrected chi connectivity index (χ0v) is 22.3. The lowest BCUT2D eigenvalue weighted by Crippen LogP contribution is -2.36. The van der Waals surface area contributed by atoms with Gasteiger partial charge in [-0.1, -0.05) is 41.4 Å². The van der Waals surface area contributed by atoms with Crippen molar-refractivity contribution in [1.82, 2.24) is 4.90 Å². The van der Waals surface area contributed by atoms with Crippen molar-refractivity contribution in [3.05, 3.63) is 92.6 Å². The third kappa shape index (κ3) is 6.86. The summed E-state index contributed by atoms with van der Waals surface area (Å²) in [7, 11) is 0. The Kier molecular flexibility index (Phi) is 8.93. The summed E-state index contributed by atoms with van der Waals surface area (Å²) in [5, 5.41) is 2.39. The van der Waals surface area contributed by atoms with Gasteiger partial charge < -0.3 is 14.8 Å². The van der Waals surface area contributed by atoms with Crippen LogP contribution in [0.1, 0.15) is 18.1 Å². The fourth-order valence-corrected chi connectivity index (χ4v) is 4.59. The highest BCUT2D eigenvalue weighted by atomic mass is 35.5. The van der Waals surface area contributed by atoms with E-state index in [-0.39, 0.29) is 15.6 Å². The molecule has 3 amide bonds. The van der Waals surface area contributed by atoms with E-state index < -0.39 is 29.4 Å². The van der Waals surface area contributed by atoms with E-state index in [1.807, 2.05) is 19.1 Å². The number of hydrogen-bond donors (Lipinski definition) is 1. The molecule has 3 aromatic carbocycles. The first kappa shape index (κ1) is 27.5. The largest absolute Gasteiger partial charge is 0.490 e. The zero-order chi connectivity index (χ0) is 27.2. The first-order valence-electron chi connectivity index (χ1n) is 11.4. The van der Waals surface area contributed by atoms with Gasteiger partial charge in [-0.05, 0) is 78.4 Å². The van der Waals surface area contributed by atoms with Gasteiger partial charge in [-0.15, -0.1) is 0 Å². The van der Waals surface area contributed by atoms with Gasteiger partial charge >= 0.3 is 0 Å². The van der Waals surface area contributed by atoms with E-state index in [1.165, 1.54) is 12.1 Å². The molecule has 0 aromatic heterocycles. The third-order valence-electron chi connectivity index (χ3n) is 5.25. The lowest BCUT2D eigenvalue weighted by atomic mass is 10.1. The summed E-state index contributed by atoms with van der Waals surface area (Å²) in [6, 6.07) is 16.1. The molecule has 196 valence electrons. The third-order valence-corrected chi connectivity index (χ3v) is 6.70. The second-order valence-electron chi connectivity index (χ2n) is 8.00. The molecular weight excluding hydrogens is 554 g/mol. The van der Waals surface area contributed by atoms with Crippen LogP contribution < -0.4 is 14.8 Å². The van der Waals surface area contributed by atoms with Crippen molar-refractivity contribution < 1.29 is 28.2 Å². The van der Waals surface area contributed by atoms with Crippen molar-refractivity contribution in [2.75, 3.05) is 18.5 Å². The van der Waals surface area contributed by atoms with Crippen LogP contribution >= 0.6 is 35.0 Å². The normalized spacial score (nSPS) is 14.2. The summed E-state index contributed by atoms with van der Waals surface area (Å²) in [6.45, 7) is 2.04. The van der Waals surface area contributed by atoms with Crippen molar-refractivity contribution in [2.45, 2.75) is 13.5 Å². The monoisotopic (exact) mass is 574 g/mol. The van der Waals surface area contributed by atoms with E-state index in [4.69, 9.17) is 32.7 Å². The minimum absolute atomic E-state index is 0.157. The fraction of sp³-hybridized carbons (Fsp3) is 0.148. The van der Waals surface area contributed by atoms with Crippen LogP contribution in [0.5, 0.6) is 11.5 Å². The number of benzene rings is 3. The molecule has 0 bridgehead atoms. The van der Waals surface area contributed by atoms with Crippen molar-refractivity contribution in [3.63, 3.8) is 0 Å². The maximum Gasteiger partial charge on any atom is 0.294 e. The zero-order valence-electron chi connectivity index (χ0n) is 20.0. The van der Waals surface area contributed by atoms with Crippen LogP contribution in [0.4, 0.5) is 14.9 Å². The molecule has 0 saturated carbocycles. The number of carbonyl (C=O) groups excluding carboxylic acids is 3. The highest BCUT2D eigenvalue weighted by Gasteiger charge is 2.36. The molecule has 1 heterocycles. The number of imide groups is 1. The van der Waals surface area contributed by atoms with E-state index in [1.54, 1.807) is 36.4 Å². The second-order valence-corrected chi connectivity index (χ2v) is 9.84. The smallest absolute Gasteiger partial charge is 0.294 e. The molecule has 1 saturated heterocycles. The Bertz CT molecular complexity index is 1420. The van der Waals surface area contributed by atoms with Crippen LogP contribution in [0.2, 0.25) is 10.0 Å². The minimum Gasteiger partial charge on any atom is -0.490 e. The molecule has 1 aliphatic heterocycles. The Balaban J connectivity index is 1.44. The number of rotatable bonds is 9. The summed E-state index contributed by atoms with van der Waals surface area (Å²) < 4.78 is 24.9. The number of anilines is 1. The first-order valence-corrected chi connectivity index (χ1v) is 12.9. The number of nitrogens with zero attached hydrogens (tertiary/aromatic N) is 1. The van der Waals surface area contributed by atoms with Crippen LogP contribution in [0.25, 0.3) is 6.08 Å². The topological polar surface area (TPSA) is 84.9 Å². The molecule has 0 spiro atoms. The summed E-state index contributed by atoms with van der Waals surface area (Å²) in [5.41, 5.74) is 1.79. The standard InChI is InChI=1S/C27H21Cl2FN2O5S/c1-2-36-23-11-17(5-10-22(23)37-15-16-3-6-18(28)7-4-16)12-24-26(34)32(27(35)38-24)14-25(33)31-19-8-9-21(30)20(29)13-19/h3-13H,2,14-15H2,1H3,(H,31,33)/b24-12+. The molecule has 0 radical (unpaired) electrons. The number of ether oxygens (including phenoxy) is 2. The van der Waals surface area contributed by atoms with Gasteiger partial charge in [0.15, 0.2) is 11.5 Å². The van der Waals surface area contributed by atoms with Crippen LogP contribution in [0, 0.1) is 5.82 Å². The molecule has 38 heavy (non-hydrogen) atoms. The first-order chi connectivity index (χ1) is 18.2. The van der Waals surface area contributed by atoms with E-state index in [0.29, 0.717) is 35.3 Å². The minimum atomic E-state index is -0.630. The van der Waals surface area contributed by atoms with Crippen LogP contribution in [0.15, 0.2) is 65.6 Å². The number of amides is 3. The highest BCUT2D eigenvalue weighted by Crippen LogP contribution is 2.35. The van der Waals surface area contributed by atoms with E-state index in [9.17, 15) is 18.8 Å². The van der Waals surface area contributed by atoms with Crippen molar-refractivity contribution >= 4 is 63.8 Å². The van der Waals surface area contributed by atoms with Gasteiger partial charge in [0.2, 0.25) is 5.91 Å². The Morgan fingerprint density at radius 1 is 1.03 bits per heavy atom. The Hall–Kier alpha value is -3.53. The fourth-order valence-electron chi connectivity index (χ4n) is 3.45. The number of nitrogens with one attached hydrogen (secondary N) is 1. The van der Waals surface area contributed by atoms with E-state index in [0.717, 1.165) is 28.3 Å². The lowest BCUT2D eigenvalue weighted by Gasteiger charge is -2.13. The van der Waals surface area contributed by atoms with Crippen LogP contribution in [-0.2, 0) is 16.2 Å². The van der Waals surface area contributed by atoms with E-state index in [2.05, 4.69) is 5.32 Å². The average molecular weight is 575 g/mol. The summed E-state index contributed by atoms with van der Waals surface area (Å²) in [4.78, 5) is 38.7. The Morgan fingerprint density at radius 2 is 1.79 bits per heavy atom. The number of halogens is 3. The van der Waals surface area contributed by atoms with Crippen LogP contribution in [0.3, 0.4) is 0 Å². The number of thioether (sulfide) groups is 1. The average Bonchev–Trinajstić information content (AvgIpc) is 3.14. The van der Waals surface area contributed by atoms with Gasteiger partial charge in [-0.3, -0.25) is 19.3 Å². The van der Waals surface area contributed by atoms with Gasteiger partial charge in [0.1, 0.15) is 19.0 Å². The summed E-state index contributed by atoms with van der Waals surface area (Å²) in [5.74, 6) is -0.865. The predicted octanol–water partition coefficient (Wildman–Crippen LogP) is 6.79. The molecule has 0 unspecified atom stereocenters. The highest BCUT2D eigenvalue weighted by molar-refractivity contribution is 8.18. The molecule has 1 fully saturated rings. The summed E-state index contributed by atoms with van der Waals surface area (Å²) in [6.07, 6.45) is 1.55. The molecule has 1 N–H and O–H groups in total. The van der Waals surface area contributed by atoms with Gasteiger partial charge in [-0.25, -0.2) is 4.39 Å². The SMILES string of the molecule is CCOc1cc(/C=C2/SC(=O)N(CC(=O)Nc3ccc(F)c(Cl)c3)C2=O)ccc1OCc1ccc(Cl)cc1. The molecule has 0 aliphatic carbocycles. The predicted molar refractivity (Wildman–Crippen MR) is 146 cm³/mol. The van der Waals surface area contributed by atoms with Crippen molar-refractivity contribution in [1.29, 1.82) is 0 Å². The molecule has 7 nitrogen and oxygen atoms in total. The quantitative estimate of drug-likeness (QED) is 0.283. The van der Waals surface area contributed by atoms with Gasteiger partial charge in [-0.2, -0.15) is 0 Å². The van der Waals surface area contributed by atoms with Crippen LogP contribution in [-0.4, -0.2) is 35.1 Å². The molecular formula is C27H21Cl2FN2O5S. The molecule has 0 atom stereocenters. The maximum atomic E-state index is 13.3. The van der Waals surface area contributed by atoms with Gasteiger partial charge in [0, 0.05) is 10.7 Å². The van der Waals surface area contributed by atoms with Gasteiger partial charge in [0.25, 0.3) is 11.1 Å². The number of hydrogen-bond acceptors (Lipinski definition) is 6.